The zero-order valence-electron chi connectivity index (χ0n) is 20.9. The summed E-state index contributed by atoms with van der Waals surface area (Å²) in [5.41, 5.74) is 1.86. The quantitative estimate of drug-likeness (QED) is 0.511. The fraction of sp³-hybridized carbons (Fsp3) is 0.444. The minimum atomic E-state index is -0.627. The molecule has 2 heterocycles. The van der Waals surface area contributed by atoms with E-state index in [9.17, 15) is 14.4 Å². The van der Waals surface area contributed by atoms with E-state index >= 15 is 0 Å². The van der Waals surface area contributed by atoms with Gasteiger partial charge in [0.15, 0.2) is 0 Å². The predicted octanol–water partition coefficient (Wildman–Crippen LogP) is 3.83. The average molecular weight is 495 g/mol. The van der Waals surface area contributed by atoms with Crippen LogP contribution in [0.25, 0.3) is 11.0 Å². The summed E-state index contributed by atoms with van der Waals surface area (Å²) in [6.45, 7) is 7.27. The number of ether oxygens (including phenoxy) is 2. The maximum Gasteiger partial charge on any atom is 0.422 e. The van der Waals surface area contributed by atoms with E-state index in [2.05, 4.69) is 10.2 Å². The van der Waals surface area contributed by atoms with Crippen LogP contribution >= 0.6 is 0 Å². The van der Waals surface area contributed by atoms with E-state index in [0.29, 0.717) is 12.1 Å². The lowest BCUT2D eigenvalue weighted by atomic mass is 9.97. The molecule has 0 unspecified atom stereocenters. The SMILES string of the molecule is CCn1c(=O)n(C(=O)OCC2CCN(C[C@@H](C)NC(=O)OCc3ccccc3)CC2)c2ccccc21. The van der Waals surface area contributed by atoms with Crippen molar-refractivity contribution in [3.63, 3.8) is 0 Å². The molecule has 1 fully saturated rings. The Hall–Kier alpha value is -3.59. The number of rotatable bonds is 8. The van der Waals surface area contributed by atoms with Crippen molar-refractivity contribution in [1.29, 1.82) is 0 Å². The molecule has 1 saturated heterocycles. The Labute approximate surface area is 210 Å². The number of hydrogen-bond acceptors (Lipinski definition) is 6. The smallest absolute Gasteiger partial charge is 0.422 e. The van der Waals surface area contributed by atoms with Gasteiger partial charge in [0.25, 0.3) is 0 Å². The molecule has 1 aliphatic rings. The molecular formula is C27H34N4O5. The Bertz CT molecular complexity index is 1230. The second-order valence-electron chi connectivity index (χ2n) is 9.28. The Morgan fingerprint density at radius 1 is 1.00 bits per heavy atom. The fourth-order valence-electron chi connectivity index (χ4n) is 4.68. The molecule has 1 amide bonds. The molecule has 9 nitrogen and oxygen atoms in total. The molecule has 3 aromatic rings. The summed E-state index contributed by atoms with van der Waals surface area (Å²) in [5.74, 6) is 0.236. The molecule has 36 heavy (non-hydrogen) atoms. The zero-order chi connectivity index (χ0) is 25.5. The van der Waals surface area contributed by atoms with E-state index in [1.807, 2.05) is 56.3 Å². The van der Waals surface area contributed by atoms with Gasteiger partial charge in [-0.15, -0.1) is 0 Å². The van der Waals surface area contributed by atoms with Crippen LogP contribution in [0.15, 0.2) is 59.4 Å². The molecule has 1 aliphatic heterocycles. The summed E-state index contributed by atoms with van der Waals surface area (Å²) in [4.78, 5) is 39.9. The molecule has 1 N–H and O–H groups in total. The first kappa shape index (κ1) is 25.5. The van der Waals surface area contributed by atoms with Crippen LogP contribution in [0, 0.1) is 5.92 Å². The second kappa shape index (κ2) is 11.9. The number of nitrogens with zero attached hydrogens (tertiary/aromatic N) is 3. The Balaban J connectivity index is 1.19. The fourth-order valence-corrected chi connectivity index (χ4v) is 4.68. The first-order valence-electron chi connectivity index (χ1n) is 12.5. The lowest BCUT2D eigenvalue weighted by Gasteiger charge is -2.33. The number of likely N-dealkylation sites (tertiary alicyclic amines) is 1. The number of fused-ring (bicyclic) bond motifs is 1. The summed E-state index contributed by atoms with van der Waals surface area (Å²) in [7, 11) is 0. The summed E-state index contributed by atoms with van der Waals surface area (Å²) < 4.78 is 13.6. The third-order valence-corrected chi connectivity index (χ3v) is 6.59. The monoisotopic (exact) mass is 494 g/mol. The van der Waals surface area contributed by atoms with Gasteiger partial charge in [0.05, 0.1) is 17.6 Å². The van der Waals surface area contributed by atoms with Gasteiger partial charge in [-0.25, -0.2) is 14.4 Å². The Morgan fingerprint density at radius 3 is 2.36 bits per heavy atom. The number of amides is 1. The number of piperidine rings is 1. The third kappa shape index (κ3) is 6.15. The van der Waals surface area contributed by atoms with Gasteiger partial charge in [-0.2, -0.15) is 4.57 Å². The number of carbonyl (C=O) groups excluding carboxylic acids is 2. The van der Waals surface area contributed by atoms with Gasteiger partial charge in [-0.3, -0.25) is 4.57 Å². The number of carbonyl (C=O) groups is 2. The number of imidazole rings is 1. The molecule has 1 aromatic heterocycles. The topological polar surface area (TPSA) is 94.8 Å². The lowest BCUT2D eigenvalue weighted by molar-refractivity contribution is 0.0932. The van der Waals surface area contributed by atoms with E-state index in [4.69, 9.17) is 9.47 Å². The average Bonchev–Trinajstić information content (AvgIpc) is 3.18. The van der Waals surface area contributed by atoms with E-state index in [1.165, 1.54) is 0 Å². The van der Waals surface area contributed by atoms with E-state index in [-0.39, 0.29) is 30.9 Å². The van der Waals surface area contributed by atoms with Gasteiger partial charge >= 0.3 is 17.9 Å². The van der Waals surface area contributed by atoms with Crippen LogP contribution in [-0.4, -0.2) is 58.5 Å². The van der Waals surface area contributed by atoms with Crippen LogP contribution in [0.3, 0.4) is 0 Å². The van der Waals surface area contributed by atoms with Crippen molar-refractivity contribution in [1.82, 2.24) is 19.4 Å². The minimum absolute atomic E-state index is 0.0505. The van der Waals surface area contributed by atoms with Crippen LogP contribution in [0.2, 0.25) is 0 Å². The van der Waals surface area contributed by atoms with Gasteiger partial charge in [0, 0.05) is 19.1 Å². The molecule has 192 valence electrons. The number of hydrogen-bond donors (Lipinski definition) is 1. The number of alkyl carbamates (subject to hydrolysis) is 1. The van der Waals surface area contributed by atoms with Crippen molar-refractivity contribution in [2.75, 3.05) is 26.2 Å². The van der Waals surface area contributed by atoms with Crippen molar-refractivity contribution in [3.8, 4) is 0 Å². The molecule has 9 heteroatoms. The number of aryl methyl sites for hydroxylation is 1. The van der Waals surface area contributed by atoms with Crippen LogP contribution in [0.4, 0.5) is 9.59 Å². The van der Waals surface area contributed by atoms with Gasteiger partial charge in [-0.1, -0.05) is 42.5 Å². The van der Waals surface area contributed by atoms with Gasteiger partial charge < -0.3 is 19.7 Å². The minimum Gasteiger partial charge on any atom is -0.449 e. The molecule has 0 spiro atoms. The highest BCUT2D eigenvalue weighted by Gasteiger charge is 2.24. The summed E-state index contributed by atoms with van der Waals surface area (Å²) in [6.07, 6.45) is 0.708. The van der Waals surface area contributed by atoms with Crippen molar-refractivity contribution in [3.05, 3.63) is 70.6 Å². The first-order chi connectivity index (χ1) is 17.5. The van der Waals surface area contributed by atoms with E-state index in [0.717, 1.165) is 48.1 Å². The number of para-hydroxylation sites is 2. The molecule has 0 bridgehead atoms. The molecular weight excluding hydrogens is 460 g/mol. The highest BCUT2D eigenvalue weighted by Crippen LogP contribution is 2.19. The second-order valence-corrected chi connectivity index (χ2v) is 9.28. The van der Waals surface area contributed by atoms with Crippen LogP contribution in [-0.2, 0) is 22.6 Å². The standard InChI is InChI=1S/C27H34N4O5/c1-3-30-23-11-7-8-12-24(23)31(26(30)33)27(34)36-19-22-13-15-29(16-14-22)17-20(2)28-25(32)35-18-21-9-5-4-6-10-21/h4-12,20,22H,3,13-19H2,1-2H3,(H,28,32)/t20-/m1/s1. The molecule has 4 rings (SSSR count). The van der Waals surface area contributed by atoms with Gasteiger partial charge in [0.2, 0.25) is 0 Å². The molecule has 1 atom stereocenters. The van der Waals surface area contributed by atoms with Crippen molar-refractivity contribution in [2.45, 2.75) is 45.9 Å². The molecule has 0 aliphatic carbocycles. The highest BCUT2D eigenvalue weighted by atomic mass is 16.6. The summed E-state index contributed by atoms with van der Waals surface area (Å²) in [6, 6.07) is 16.8. The highest BCUT2D eigenvalue weighted by molar-refractivity contribution is 5.86. The Morgan fingerprint density at radius 2 is 1.67 bits per heavy atom. The van der Waals surface area contributed by atoms with Gasteiger partial charge in [-0.05, 0) is 63.4 Å². The lowest BCUT2D eigenvalue weighted by Crippen LogP contribution is -2.45. The zero-order valence-corrected chi connectivity index (χ0v) is 20.9. The van der Waals surface area contributed by atoms with Gasteiger partial charge in [0.1, 0.15) is 6.61 Å². The maximum absolute atomic E-state index is 12.8. The van der Waals surface area contributed by atoms with Crippen molar-refractivity contribution >= 4 is 23.2 Å². The molecule has 0 saturated carbocycles. The number of benzene rings is 2. The summed E-state index contributed by atoms with van der Waals surface area (Å²) >= 11 is 0. The molecule has 0 radical (unpaired) electrons. The maximum atomic E-state index is 12.8. The Kier molecular flexibility index (Phi) is 8.43. The van der Waals surface area contributed by atoms with Crippen molar-refractivity contribution in [2.24, 2.45) is 5.92 Å². The summed E-state index contributed by atoms with van der Waals surface area (Å²) in [5, 5.41) is 2.89. The predicted molar refractivity (Wildman–Crippen MR) is 137 cm³/mol. The van der Waals surface area contributed by atoms with Crippen LogP contribution < -0.4 is 11.0 Å². The number of aromatic nitrogens is 2. The van der Waals surface area contributed by atoms with E-state index in [1.54, 1.807) is 16.7 Å². The first-order valence-corrected chi connectivity index (χ1v) is 12.5. The van der Waals surface area contributed by atoms with E-state index < -0.39 is 12.2 Å². The van der Waals surface area contributed by atoms with Crippen LogP contribution in [0.1, 0.15) is 32.3 Å². The molecule has 2 aromatic carbocycles. The largest absolute Gasteiger partial charge is 0.449 e. The number of nitrogens with one attached hydrogen (secondary N) is 1. The normalized spacial score (nSPS) is 15.5. The van der Waals surface area contributed by atoms with Crippen molar-refractivity contribution < 1.29 is 19.1 Å². The third-order valence-electron chi connectivity index (χ3n) is 6.59. The van der Waals surface area contributed by atoms with Crippen LogP contribution in [0.5, 0.6) is 0 Å².